The summed E-state index contributed by atoms with van der Waals surface area (Å²) in [4.78, 5) is 17.4. The highest BCUT2D eigenvalue weighted by Crippen LogP contribution is 2.41. The third-order valence-electron chi connectivity index (χ3n) is 5.99. The minimum atomic E-state index is -0.362. The largest absolute Gasteiger partial charge is 0.292 e. The van der Waals surface area contributed by atoms with Crippen molar-refractivity contribution in [1.29, 1.82) is 0 Å². The maximum absolute atomic E-state index is 12.7. The molecule has 2 heterocycles. The number of aromatic amines is 1. The number of hydrogen-bond acceptors (Lipinski definition) is 3. The van der Waals surface area contributed by atoms with E-state index in [1.165, 1.54) is 5.56 Å². The third-order valence-corrected chi connectivity index (χ3v) is 5.99. The highest BCUT2D eigenvalue weighted by molar-refractivity contribution is 6.00. The molecule has 0 amide bonds. The standard InChI is InChI=1S/C23H21N3O/c27-22(16-7-6-8-16)21-18-12-13-23(15-19(18)25-26-21,17-9-2-1-3-10-17)20-11-4-5-14-24-20/h1-5,9-14,16H,6-8,15H2,(H,25,26). The van der Waals surface area contributed by atoms with Crippen LogP contribution in [0.2, 0.25) is 0 Å². The molecule has 1 aromatic carbocycles. The molecule has 2 aliphatic rings. The van der Waals surface area contributed by atoms with Gasteiger partial charge in [0, 0.05) is 29.8 Å². The first-order valence-electron chi connectivity index (χ1n) is 9.56. The zero-order chi connectivity index (χ0) is 18.3. The number of fused-ring (bicyclic) bond motifs is 1. The van der Waals surface area contributed by atoms with Crippen LogP contribution in [-0.4, -0.2) is 21.0 Å². The van der Waals surface area contributed by atoms with E-state index in [-0.39, 0.29) is 17.1 Å². The first kappa shape index (κ1) is 16.2. The normalized spacial score (nSPS) is 21.5. The molecule has 0 spiro atoms. The molecule has 3 aromatic rings. The van der Waals surface area contributed by atoms with Gasteiger partial charge in [-0.1, -0.05) is 55.0 Å². The van der Waals surface area contributed by atoms with E-state index in [0.717, 1.165) is 36.2 Å². The Balaban J connectivity index is 1.60. The lowest BCUT2D eigenvalue weighted by molar-refractivity contribution is 0.0849. The first-order chi connectivity index (χ1) is 13.3. The molecular weight excluding hydrogens is 334 g/mol. The molecule has 0 aliphatic heterocycles. The van der Waals surface area contributed by atoms with Gasteiger partial charge in [0.05, 0.1) is 11.1 Å². The van der Waals surface area contributed by atoms with Crippen molar-refractivity contribution < 1.29 is 4.79 Å². The summed E-state index contributed by atoms with van der Waals surface area (Å²) in [6.07, 6.45) is 9.94. The summed E-state index contributed by atoms with van der Waals surface area (Å²) in [7, 11) is 0. The van der Waals surface area contributed by atoms with Gasteiger partial charge >= 0.3 is 0 Å². The number of carbonyl (C=O) groups excluding carboxylic acids is 1. The molecule has 0 saturated heterocycles. The maximum atomic E-state index is 12.7. The topological polar surface area (TPSA) is 58.6 Å². The number of pyridine rings is 1. The number of hydrogen-bond donors (Lipinski definition) is 1. The molecule has 4 heteroatoms. The lowest BCUT2D eigenvalue weighted by Crippen LogP contribution is -2.31. The Bertz CT molecular complexity index is 961. The van der Waals surface area contributed by atoms with E-state index in [9.17, 15) is 4.79 Å². The quantitative estimate of drug-likeness (QED) is 0.708. The molecule has 2 aliphatic carbocycles. The second kappa shape index (κ2) is 6.31. The number of H-pyrrole nitrogens is 1. The number of carbonyl (C=O) groups is 1. The smallest absolute Gasteiger partial charge is 0.186 e. The highest BCUT2D eigenvalue weighted by atomic mass is 16.1. The number of nitrogens with one attached hydrogen (secondary N) is 1. The minimum absolute atomic E-state index is 0.155. The Morgan fingerprint density at radius 2 is 1.89 bits per heavy atom. The number of benzene rings is 1. The van der Waals surface area contributed by atoms with E-state index in [0.29, 0.717) is 12.1 Å². The molecule has 134 valence electrons. The molecule has 1 N–H and O–H groups in total. The van der Waals surface area contributed by atoms with Crippen molar-refractivity contribution in [2.24, 2.45) is 5.92 Å². The van der Waals surface area contributed by atoms with Crippen molar-refractivity contribution in [2.75, 3.05) is 0 Å². The summed E-state index contributed by atoms with van der Waals surface area (Å²) in [5.74, 6) is 0.343. The van der Waals surface area contributed by atoms with E-state index in [2.05, 4.69) is 57.7 Å². The van der Waals surface area contributed by atoms with E-state index >= 15 is 0 Å². The Morgan fingerprint density at radius 1 is 1.07 bits per heavy atom. The van der Waals surface area contributed by atoms with Gasteiger partial charge in [0.25, 0.3) is 0 Å². The average Bonchev–Trinajstić information content (AvgIpc) is 3.11. The molecule has 0 radical (unpaired) electrons. The Hall–Kier alpha value is -3.01. The molecule has 4 nitrogen and oxygen atoms in total. The van der Waals surface area contributed by atoms with Crippen molar-refractivity contribution in [3.63, 3.8) is 0 Å². The zero-order valence-electron chi connectivity index (χ0n) is 15.1. The van der Waals surface area contributed by atoms with E-state index in [4.69, 9.17) is 0 Å². The van der Waals surface area contributed by atoms with Gasteiger partial charge < -0.3 is 0 Å². The van der Waals surface area contributed by atoms with Crippen LogP contribution < -0.4 is 0 Å². The van der Waals surface area contributed by atoms with E-state index < -0.39 is 0 Å². The molecule has 2 aromatic heterocycles. The number of ketones is 1. The van der Waals surface area contributed by atoms with Crippen molar-refractivity contribution in [3.05, 3.63) is 89.0 Å². The van der Waals surface area contributed by atoms with Crippen molar-refractivity contribution in [3.8, 4) is 0 Å². The van der Waals surface area contributed by atoms with Crippen LogP contribution in [-0.2, 0) is 11.8 Å². The second-order valence-electron chi connectivity index (χ2n) is 7.52. The number of nitrogens with zero attached hydrogens (tertiary/aromatic N) is 2. The van der Waals surface area contributed by atoms with Crippen LogP contribution in [0.25, 0.3) is 6.08 Å². The van der Waals surface area contributed by atoms with Gasteiger partial charge in [0.2, 0.25) is 0 Å². The molecule has 1 atom stereocenters. The van der Waals surface area contributed by atoms with Crippen LogP contribution in [0.3, 0.4) is 0 Å². The van der Waals surface area contributed by atoms with Gasteiger partial charge in [-0.05, 0) is 30.5 Å². The number of rotatable bonds is 4. The summed E-state index contributed by atoms with van der Waals surface area (Å²) in [6.45, 7) is 0. The predicted octanol–water partition coefficient (Wildman–Crippen LogP) is 4.34. The van der Waals surface area contributed by atoms with Crippen LogP contribution >= 0.6 is 0 Å². The highest BCUT2D eigenvalue weighted by Gasteiger charge is 2.39. The van der Waals surface area contributed by atoms with Gasteiger partial charge in [-0.3, -0.25) is 14.9 Å². The van der Waals surface area contributed by atoms with Crippen molar-refractivity contribution >= 4 is 11.9 Å². The maximum Gasteiger partial charge on any atom is 0.186 e. The SMILES string of the molecule is O=C(c1n[nH]c2c1C=CC(c1ccccc1)(c1ccccn1)C2)C1CCC1. The molecule has 0 bridgehead atoms. The first-order valence-corrected chi connectivity index (χ1v) is 9.56. The Labute approximate surface area is 158 Å². The van der Waals surface area contributed by atoms with Crippen LogP contribution in [0.4, 0.5) is 0 Å². The molecule has 1 saturated carbocycles. The van der Waals surface area contributed by atoms with Gasteiger partial charge in [-0.25, -0.2) is 0 Å². The summed E-state index contributed by atoms with van der Waals surface area (Å²) in [6, 6.07) is 16.4. The lowest BCUT2D eigenvalue weighted by atomic mass is 9.70. The fourth-order valence-electron chi connectivity index (χ4n) is 4.20. The average molecular weight is 355 g/mol. The lowest BCUT2D eigenvalue weighted by Gasteiger charge is -2.33. The van der Waals surface area contributed by atoms with Crippen LogP contribution in [0, 0.1) is 5.92 Å². The Kier molecular flexibility index (Phi) is 3.78. The van der Waals surface area contributed by atoms with Crippen molar-refractivity contribution in [2.45, 2.75) is 31.1 Å². The van der Waals surface area contributed by atoms with E-state index in [1.807, 2.05) is 24.4 Å². The second-order valence-corrected chi connectivity index (χ2v) is 7.52. The summed E-state index contributed by atoms with van der Waals surface area (Å²) < 4.78 is 0. The fraction of sp³-hybridized carbons (Fsp3) is 0.261. The summed E-state index contributed by atoms with van der Waals surface area (Å²) in [5.41, 5.74) is 4.39. The fourth-order valence-corrected chi connectivity index (χ4v) is 4.20. The Morgan fingerprint density at radius 3 is 2.59 bits per heavy atom. The van der Waals surface area contributed by atoms with Crippen LogP contribution in [0.5, 0.6) is 0 Å². The number of aromatic nitrogens is 3. The zero-order valence-corrected chi connectivity index (χ0v) is 15.1. The monoisotopic (exact) mass is 355 g/mol. The van der Waals surface area contributed by atoms with Gasteiger partial charge in [-0.2, -0.15) is 5.10 Å². The van der Waals surface area contributed by atoms with Crippen LogP contribution in [0.1, 0.15) is 52.3 Å². The van der Waals surface area contributed by atoms with Gasteiger partial charge in [-0.15, -0.1) is 0 Å². The van der Waals surface area contributed by atoms with Gasteiger partial charge in [0.1, 0.15) is 5.69 Å². The van der Waals surface area contributed by atoms with Crippen molar-refractivity contribution in [1.82, 2.24) is 15.2 Å². The molecule has 1 fully saturated rings. The third kappa shape index (κ3) is 2.55. The minimum Gasteiger partial charge on any atom is -0.292 e. The van der Waals surface area contributed by atoms with E-state index in [1.54, 1.807) is 0 Å². The molecular formula is C23H21N3O. The molecule has 27 heavy (non-hydrogen) atoms. The van der Waals surface area contributed by atoms with Crippen LogP contribution in [0.15, 0.2) is 60.8 Å². The number of Topliss-reactive ketones (excluding diaryl/α,β-unsaturated/α-hetero) is 1. The summed E-state index contributed by atoms with van der Waals surface area (Å²) >= 11 is 0. The van der Waals surface area contributed by atoms with Gasteiger partial charge in [0.15, 0.2) is 5.78 Å². The molecule has 1 unspecified atom stereocenters. The summed E-state index contributed by atoms with van der Waals surface area (Å²) in [5, 5.41) is 7.56. The predicted molar refractivity (Wildman–Crippen MR) is 104 cm³/mol. The molecule has 5 rings (SSSR count). The number of allylic oxidation sites excluding steroid dienone is 1.